The summed E-state index contributed by atoms with van der Waals surface area (Å²) < 4.78 is 0. The highest BCUT2D eigenvalue weighted by atomic mass is 32.1. The van der Waals surface area contributed by atoms with E-state index in [0.717, 1.165) is 24.3 Å². The van der Waals surface area contributed by atoms with Crippen LogP contribution in [0.2, 0.25) is 0 Å². The molecule has 2 atom stereocenters. The molecule has 1 heterocycles. The number of carbonyl (C=O) groups is 2. The monoisotopic (exact) mass is 352 g/mol. The summed E-state index contributed by atoms with van der Waals surface area (Å²) in [5, 5.41) is 7.60. The molecule has 134 valence electrons. The third-order valence-electron chi connectivity index (χ3n) is 5.93. The summed E-state index contributed by atoms with van der Waals surface area (Å²) in [6.45, 7) is 4.40. The van der Waals surface area contributed by atoms with Gasteiger partial charge in [0.05, 0.1) is 0 Å². The predicted octanol–water partition coefficient (Wildman–Crippen LogP) is 2.44. The first kappa shape index (κ1) is 17.5. The quantitative estimate of drug-likeness (QED) is 0.526. The SMILES string of the molecule is CC1CCC2(CC1)NC(=O)N(NC(=S)N[C@@H]1CCCC[C@H]1C)C2=O. The standard InChI is InChI=1S/C17H28N4O2S/c1-11-7-9-17(10-8-11)14(22)21(16(23)19-17)20-15(24)18-13-6-4-3-5-12(13)2/h11-13H,3-10H2,1-2H3,(H,19,23)(H2,18,20,24)/t11?,12-,13-,17?/m1/s1. The van der Waals surface area contributed by atoms with Crippen LogP contribution in [0.4, 0.5) is 4.79 Å². The Morgan fingerprint density at radius 2 is 1.83 bits per heavy atom. The molecule has 7 heteroatoms. The maximum atomic E-state index is 12.8. The molecule has 3 N–H and O–H groups in total. The lowest BCUT2D eigenvalue weighted by Crippen LogP contribution is -2.55. The molecule has 0 unspecified atom stereocenters. The van der Waals surface area contributed by atoms with E-state index >= 15 is 0 Å². The molecule has 0 aromatic carbocycles. The molecular formula is C17H28N4O2S. The van der Waals surface area contributed by atoms with Crippen molar-refractivity contribution < 1.29 is 9.59 Å². The molecule has 1 spiro atoms. The van der Waals surface area contributed by atoms with Crippen LogP contribution in [-0.2, 0) is 4.79 Å². The number of hydrogen-bond acceptors (Lipinski definition) is 3. The second-order valence-corrected chi connectivity index (χ2v) is 8.20. The van der Waals surface area contributed by atoms with Crippen molar-refractivity contribution in [2.24, 2.45) is 11.8 Å². The Labute approximate surface area is 149 Å². The number of nitrogens with zero attached hydrogens (tertiary/aromatic N) is 1. The Kier molecular flexibility index (Phi) is 4.99. The van der Waals surface area contributed by atoms with Gasteiger partial charge < -0.3 is 10.6 Å². The zero-order chi connectivity index (χ0) is 17.3. The third kappa shape index (κ3) is 3.36. The van der Waals surface area contributed by atoms with Gasteiger partial charge in [0.2, 0.25) is 0 Å². The number of urea groups is 1. The summed E-state index contributed by atoms with van der Waals surface area (Å²) in [6, 6.07) is -0.0839. The van der Waals surface area contributed by atoms with Crippen LogP contribution < -0.4 is 16.1 Å². The molecule has 1 saturated heterocycles. The first-order valence-electron chi connectivity index (χ1n) is 9.15. The molecule has 3 amide bonds. The zero-order valence-corrected chi connectivity index (χ0v) is 15.4. The van der Waals surface area contributed by atoms with Gasteiger partial charge in [-0.05, 0) is 62.6 Å². The van der Waals surface area contributed by atoms with Gasteiger partial charge in [-0.25, -0.2) is 4.79 Å². The Balaban J connectivity index is 1.59. The summed E-state index contributed by atoms with van der Waals surface area (Å²) in [7, 11) is 0. The Bertz CT molecular complexity index is 531. The van der Waals surface area contributed by atoms with E-state index in [1.807, 2.05) is 0 Å². The van der Waals surface area contributed by atoms with Crippen molar-refractivity contribution in [1.29, 1.82) is 0 Å². The fraction of sp³-hybridized carbons (Fsp3) is 0.824. The maximum Gasteiger partial charge on any atom is 0.344 e. The van der Waals surface area contributed by atoms with Crippen molar-refractivity contribution in [2.75, 3.05) is 0 Å². The fourth-order valence-electron chi connectivity index (χ4n) is 4.15. The molecule has 2 saturated carbocycles. The van der Waals surface area contributed by atoms with E-state index in [1.165, 1.54) is 19.3 Å². The average Bonchev–Trinajstić information content (AvgIpc) is 2.77. The fourth-order valence-corrected chi connectivity index (χ4v) is 4.39. The van der Waals surface area contributed by atoms with Crippen LogP contribution in [0, 0.1) is 11.8 Å². The van der Waals surface area contributed by atoms with Crippen molar-refractivity contribution in [3.8, 4) is 0 Å². The second kappa shape index (κ2) is 6.86. The zero-order valence-electron chi connectivity index (χ0n) is 14.6. The predicted molar refractivity (Wildman–Crippen MR) is 96.0 cm³/mol. The van der Waals surface area contributed by atoms with Crippen LogP contribution >= 0.6 is 12.2 Å². The third-order valence-corrected chi connectivity index (χ3v) is 6.14. The maximum absolute atomic E-state index is 12.8. The molecule has 0 radical (unpaired) electrons. The van der Waals surface area contributed by atoms with Crippen LogP contribution in [0.25, 0.3) is 0 Å². The van der Waals surface area contributed by atoms with Gasteiger partial charge in [0.25, 0.3) is 5.91 Å². The molecule has 3 aliphatic rings. The van der Waals surface area contributed by atoms with Crippen molar-refractivity contribution in [3.05, 3.63) is 0 Å². The summed E-state index contributed by atoms with van der Waals surface area (Å²) in [4.78, 5) is 25.1. The van der Waals surface area contributed by atoms with E-state index in [4.69, 9.17) is 12.2 Å². The number of thiocarbonyl (C=S) groups is 1. The van der Waals surface area contributed by atoms with E-state index in [-0.39, 0.29) is 5.91 Å². The summed E-state index contributed by atoms with van der Waals surface area (Å²) in [5.41, 5.74) is 2.09. The summed E-state index contributed by atoms with van der Waals surface area (Å²) >= 11 is 5.34. The largest absolute Gasteiger partial charge is 0.358 e. The van der Waals surface area contributed by atoms with Gasteiger partial charge in [0.1, 0.15) is 5.54 Å². The van der Waals surface area contributed by atoms with Crippen molar-refractivity contribution in [1.82, 2.24) is 21.1 Å². The van der Waals surface area contributed by atoms with Crippen molar-refractivity contribution >= 4 is 29.3 Å². The lowest BCUT2D eigenvalue weighted by atomic mass is 9.77. The van der Waals surface area contributed by atoms with Gasteiger partial charge in [0, 0.05) is 6.04 Å². The molecule has 0 aromatic heterocycles. The van der Waals surface area contributed by atoms with Gasteiger partial charge >= 0.3 is 6.03 Å². The number of imide groups is 1. The number of rotatable bonds is 2. The van der Waals surface area contributed by atoms with Crippen LogP contribution in [0.1, 0.15) is 65.2 Å². The lowest BCUT2D eigenvalue weighted by molar-refractivity contribution is -0.133. The highest BCUT2D eigenvalue weighted by molar-refractivity contribution is 7.80. The number of hydrazine groups is 1. The molecule has 0 bridgehead atoms. The molecule has 2 aliphatic carbocycles. The normalized spacial score (nSPS) is 36.6. The number of amides is 3. The van der Waals surface area contributed by atoms with E-state index in [2.05, 4.69) is 29.9 Å². The highest BCUT2D eigenvalue weighted by Gasteiger charge is 2.52. The van der Waals surface area contributed by atoms with E-state index in [1.54, 1.807) is 0 Å². The smallest absolute Gasteiger partial charge is 0.344 e. The lowest BCUT2D eigenvalue weighted by Gasteiger charge is -2.34. The Hall–Kier alpha value is -1.37. The minimum atomic E-state index is -0.732. The number of carbonyl (C=O) groups excluding carboxylic acids is 2. The minimum absolute atomic E-state index is 0.194. The van der Waals surface area contributed by atoms with Crippen LogP contribution in [0.3, 0.4) is 0 Å². The molecule has 24 heavy (non-hydrogen) atoms. The summed E-state index contributed by atoms with van der Waals surface area (Å²) in [6.07, 6.45) is 8.04. The van der Waals surface area contributed by atoms with Crippen LogP contribution in [0.5, 0.6) is 0 Å². The molecule has 1 aliphatic heterocycles. The van der Waals surface area contributed by atoms with E-state index in [9.17, 15) is 9.59 Å². The number of nitrogens with one attached hydrogen (secondary N) is 3. The van der Waals surface area contributed by atoms with Crippen LogP contribution in [-0.4, -0.2) is 33.6 Å². The molecular weight excluding hydrogens is 324 g/mol. The van der Waals surface area contributed by atoms with Gasteiger partial charge in [0.15, 0.2) is 5.11 Å². The topological polar surface area (TPSA) is 73.5 Å². The van der Waals surface area contributed by atoms with E-state index in [0.29, 0.717) is 35.8 Å². The molecule has 0 aromatic rings. The Morgan fingerprint density at radius 1 is 1.17 bits per heavy atom. The van der Waals surface area contributed by atoms with Crippen molar-refractivity contribution in [2.45, 2.75) is 76.8 Å². The molecule has 6 nitrogen and oxygen atoms in total. The number of hydrogen-bond donors (Lipinski definition) is 3. The Morgan fingerprint density at radius 3 is 2.50 bits per heavy atom. The van der Waals surface area contributed by atoms with E-state index < -0.39 is 11.6 Å². The van der Waals surface area contributed by atoms with Gasteiger partial charge in [-0.1, -0.05) is 26.7 Å². The average molecular weight is 353 g/mol. The first-order valence-corrected chi connectivity index (χ1v) is 9.56. The van der Waals surface area contributed by atoms with Gasteiger partial charge in [-0.2, -0.15) is 5.01 Å². The van der Waals surface area contributed by atoms with Crippen LogP contribution in [0.15, 0.2) is 0 Å². The highest BCUT2D eigenvalue weighted by Crippen LogP contribution is 2.35. The summed E-state index contributed by atoms with van der Waals surface area (Å²) in [5.74, 6) is 0.964. The van der Waals surface area contributed by atoms with Crippen molar-refractivity contribution in [3.63, 3.8) is 0 Å². The molecule has 3 rings (SSSR count). The molecule has 3 fully saturated rings. The van der Waals surface area contributed by atoms with Gasteiger partial charge in [-0.3, -0.25) is 10.2 Å². The second-order valence-electron chi connectivity index (χ2n) is 7.79. The van der Waals surface area contributed by atoms with Gasteiger partial charge in [-0.15, -0.1) is 0 Å². The first-order chi connectivity index (χ1) is 11.4. The minimum Gasteiger partial charge on any atom is -0.358 e.